The van der Waals surface area contributed by atoms with Gasteiger partial charge in [0.1, 0.15) is 17.6 Å². The molecule has 2 fully saturated rings. The molecule has 0 bridgehead atoms. The molecule has 7 heteroatoms. The summed E-state index contributed by atoms with van der Waals surface area (Å²) in [6.45, 7) is 9.01. The van der Waals surface area contributed by atoms with Crippen LogP contribution in [0.5, 0.6) is 11.5 Å². The zero-order valence-electron chi connectivity index (χ0n) is 17.7. The monoisotopic (exact) mass is 426 g/mol. The van der Waals surface area contributed by atoms with Gasteiger partial charge >= 0.3 is 6.09 Å². The molecule has 1 atom stereocenters. The summed E-state index contributed by atoms with van der Waals surface area (Å²) >= 11 is 0. The Labute approximate surface area is 180 Å². The predicted octanol–water partition coefficient (Wildman–Crippen LogP) is 4.36. The summed E-state index contributed by atoms with van der Waals surface area (Å²) < 4.78 is 17.0. The molecule has 0 spiro atoms. The molecule has 2 aliphatic rings. The van der Waals surface area contributed by atoms with E-state index in [0.717, 1.165) is 50.0 Å². The van der Waals surface area contributed by atoms with E-state index >= 15 is 0 Å². The Morgan fingerprint density at radius 2 is 1.76 bits per heavy atom. The van der Waals surface area contributed by atoms with E-state index in [1.807, 2.05) is 31.2 Å². The van der Waals surface area contributed by atoms with E-state index in [9.17, 15) is 4.79 Å². The SMILES string of the molecule is CCOC(=O)N1CCC(Oc2ccc(OCCCN3CCC[C@H]3C)cc2)CC1.Cl. The fourth-order valence-corrected chi connectivity index (χ4v) is 3.96. The van der Waals surface area contributed by atoms with Gasteiger partial charge in [-0.15, -0.1) is 12.4 Å². The largest absolute Gasteiger partial charge is 0.494 e. The highest BCUT2D eigenvalue weighted by molar-refractivity contribution is 5.85. The first-order valence-electron chi connectivity index (χ1n) is 10.7. The smallest absolute Gasteiger partial charge is 0.409 e. The maximum atomic E-state index is 11.7. The standard InChI is InChI=1S/C22H34N2O4.ClH/c1-3-26-22(25)24-15-11-21(12-16-24)28-20-9-7-19(8-10-20)27-17-5-14-23-13-4-6-18(23)2;/h7-10,18,21H,3-6,11-17H2,1-2H3;1H/t18-;/m1./s1. The summed E-state index contributed by atoms with van der Waals surface area (Å²) in [7, 11) is 0. The van der Waals surface area contributed by atoms with Crippen LogP contribution in [0.2, 0.25) is 0 Å². The zero-order valence-corrected chi connectivity index (χ0v) is 18.5. The topological polar surface area (TPSA) is 51.2 Å². The summed E-state index contributed by atoms with van der Waals surface area (Å²) in [5.74, 6) is 1.74. The highest BCUT2D eigenvalue weighted by Gasteiger charge is 2.24. The van der Waals surface area contributed by atoms with Crippen molar-refractivity contribution in [3.05, 3.63) is 24.3 Å². The minimum atomic E-state index is -0.221. The molecule has 0 radical (unpaired) electrons. The molecule has 1 aromatic rings. The van der Waals surface area contributed by atoms with Crippen molar-refractivity contribution >= 4 is 18.5 Å². The van der Waals surface area contributed by atoms with Crippen LogP contribution in [0.1, 0.15) is 46.0 Å². The number of piperidine rings is 1. The molecule has 3 rings (SSSR count). The Bertz CT molecular complexity index is 605. The van der Waals surface area contributed by atoms with Gasteiger partial charge in [0.25, 0.3) is 0 Å². The Hall–Kier alpha value is -1.66. The Morgan fingerprint density at radius 3 is 2.38 bits per heavy atom. The lowest BCUT2D eigenvalue weighted by Crippen LogP contribution is -2.42. The lowest BCUT2D eigenvalue weighted by molar-refractivity contribution is 0.0703. The van der Waals surface area contributed by atoms with E-state index in [4.69, 9.17) is 14.2 Å². The normalized spacial score (nSPS) is 20.2. The van der Waals surface area contributed by atoms with Gasteiger partial charge in [-0.1, -0.05) is 0 Å². The van der Waals surface area contributed by atoms with Crippen molar-refractivity contribution in [1.29, 1.82) is 0 Å². The summed E-state index contributed by atoms with van der Waals surface area (Å²) in [6.07, 6.45) is 5.27. The van der Waals surface area contributed by atoms with Crippen LogP contribution in [-0.4, -0.2) is 67.4 Å². The number of likely N-dealkylation sites (tertiary alicyclic amines) is 2. The molecule has 2 heterocycles. The van der Waals surface area contributed by atoms with Gasteiger partial charge in [-0.05, 0) is 63.9 Å². The number of carbonyl (C=O) groups excluding carboxylic acids is 1. The summed E-state index contributed by atoms with van der Waals surface area (Å²) in [4.78, 5) is 16.0. The summed E-state index contributed by atoms with van der Waals surface area (Å²) in [5, 5.41) is 0. The number of ether oxygens (including phenoxy) is 3. The van der Waals surface area contributed by atoms with E-state index in [1.165, 1.54) is 19.4 Å². The molecule has 1 aromatic carbocycles. The lowest BCUT2D eigenvalue weighted by Gasteiger charge is -2.31. The molecular formula is C22H35ClN2O4. The molecule has 6 nitrogen and oxygen atoms in total. The number of benzene rings is 1. The van der Waals surface area contributed by atoms with Crippen LogP contribution in [-0.2, 0) is 4.74 Å². The maximum absolute atomic E-state index is 11.7. The first-order chi connectivity index (χ1) is 13.7. The van der Waals surface area contributed by atoms with Crippen molar-refractivity contribution in [3.8, 4) is 11.5 Å². The number of rotatable bonds is 8. The molecule has 0 unspecified atom stereocenters. The van der Waals surface area contributed by atoms with Crippen LogP contribution in [0.4, 0.5) is 4.79 Å². The van der Waals surface area contributed by atoms with Gasteiger partial charge < -0.3 is 24.0 Å². The number of carbonyl (C=O) groups is 1. The van der Waals surface area contributed by atoms with E-state index in [1.54, 1.807) is 4.90 Å². The van der Waals surface area contributed by atoms with Crippen LogP contribution in [0, 0.1) is 0 Å². The molecule has 2 saturated heterocycles. The van der Waals surface area contributed by atoms with Crippen molar-refractivity contribution in [2.45, 2.75) is 58.1 Å². The minimum absolute atomic E-state index is 0. The van der Waals surface area contributed by atoms with Crippen LogP contribution in [0.15, 0.2) is 24.3 Å². The molecule has 2 aliphatic heterocycles. The zero-order chi connectivity index (χ0) is 19.8. The molecule has 0 N–H and O–H groups in total. The molecule has 0 aromatic heterocycles. The highest BCUT2D eigenvalue weighted by atomic mass is 35.5. The van der Waals surface area contributed by atoms with Crippen LogP contribution in [0.3, 0.4) is 0 Å². The number of nitrogens with zero attached hydrogens (tertiary/aromatic N) is 2. The third-order valence-electron chi connectivity index (χ3n) is 5.64. The summed E-state index contributed by atoms with van der Waals surface area (Å²) in [6, 6.07) is 8.61. The molecular weight excluding hydrogens is 392 g/mol. The fraction of sp³-hybridized carbons (Fsp3) is 0.682. The average Bonchev–Trinajstić information content (AvgIpc) is 3.12. The van der Waals surface area contributed by atoms with Crippen LogP contribution in [0.25, 0.3) is 0 Å². The van der Waals surface area contributed by atoms with Crippen molar-refractivity contribution in [2.75, 3.05) is 39.4 Å². The molecule has 1 amide bonds. The Balaban J connectivity index is 0.00000300. The van der Waals surface area contributed by atoms with Gasteiger partial charge in [0.2, 0.25) is 0 Å². The van der Waals surface area contributed by atoms with Crippen molar-refractivity contribution in [1.82, 2.24) is 9.80 Å². The van der Waals surface area contributed by atoms with Gasteiger partial charge in [0.15, 0.2) is 0 Å². The lowest BCUT2D eigenvalue weighted by atomic mass is 10.1. The van der Waals surface area contributed by atoms with E-state index < -0.39 is 0 Å². The number of halogens is 1. The maximum Gasteiger partial charge on any atom is 0.409 e. The first kappa shape index (κ1) is 23.6. The van der Waals surface area contributed by atoms with Crippen LogP contribution >= 0.6 is 12.4 Å². The molecule has 29 heavy (non-hydrogen) atoms. The first-order valence-corrected chi connectivity index (χ1v) is 10.7. The van der Waals surface area contributed by atoms with E-state index in [2.05, 4.69) is 11.8 Å². The van der Waals surface area contributed by atoms with Crippen LogP contribution < -0.4 is 9.47 Å². The minimum Gasteiger partial charge on any atom is -0.494 e. The number of hydrogen-bond donors (Lipinski definition) is 0. The quantitative estimate of drug-likeness (QED) is 0.578. The third-order valence-corrected chi connectivity index (χ3v) is 5.64. The molecule has 164 valence electrons. The van der Waals surface area contributed by atoms with Gasteiger partial charge in [0.05, 0.1) is 13.2 Å². The van der Waals surface area contributed by atoms with Crippen molar-refractivity contribution in [2.24, 2.45) is 0 Å². The highest BCUT2D eigenvalue weighted by Crippen LogP contribution is 2.23. The third kappa shape index (κ3) is 7.27. The van der Waals surface area contributed by atoms with Gasteiger partial charge in [-0.25, -0.2) is 4.79 Å². The van der Waals surface area contributed by atoms with E-state index in [0.29, 0.717) is 19.7 Å². The second-order valence-corrected chi connectivity index (χ2v) is 7.70. The number of hydrogen-bond acceptors (Lipinski definition) is 5. The summed E-state index contributed by atoms with van der Waals surface area (Å²) in [5.41, 5.74) is 0. The van der Waals surface area contributed by atoms with Gasteiger partial charge in [-0.2, -0.15) is 0 Å². The number of amides is 1. The van der Waals surface area contributed by atoms with E-state index in [-0.39, 0.29) is 24.6 Å². The Morgan fingerprint density at radius 1 is 1.07 bits per heavy atom. The molecule has 0 saturated carbocycles. The van der Waals surface area contributed by atoms with Crippen molar-refractivity contribution < 1.29 is 19.0 Å². The second-order valence-electron chi connectivity index (χ2n) is 7.70. The van der Waals surface area contributed by atoms with Gasteiger partial charge in [0, 0.05) is 38.5 Å². The fourth-order valence-electron chi connectivity index (χ4n) is 3.96. The molecule has 0 aliphatic carbocycles. The average molecular weight is 427 g/mol. The van der Waals surface area contributed by atoms with Gasteiger partial charge in [-0.3, -0.25) is 0 Å². The predicted molar refractivity (Wildman–Crippen MR) is 116 cm³/mol. The second kappa shape index (κ2) is 12.1. The Kier molecular flexibility index (Phi) is 9.88. The van der Waals surface area contributed by atoms with Crippen molar-refractivity contribution in [3.63, 3.8) is 0 Å².